The number of carbonyl (C=O) groups excluding carboxylic acids is 1. The van der Waals surface area contributed by atoms with Gasteiger partial charge in [0.1, 0.15) is 23.4 Å². The average molecular weight is 482 g/mol. The number of anilines is 1. The van der Waals surface area contributed by atoms with Gasteiger partial charge in [-0.25, -0.2) is 0 Å². The second-order valence-electron chi connectivity index (χ2n) is 6.73. The predicted octanol–water partition coefficient (Wildman–Crippen LogP) is 6.88. The van der Waals surface area contributed by atoms with Gasteiger partial charge in [0.25, 0.3) is 5.91 Å². The third-order valence-corrected chi connectivity index (χ3v) is 6.70. The Hall–Kier alpha value is -2.17. The summed E-state index contributed by atoms with van der Waals surface area (Å²) < 4.78 is 11.2. The van der Waals surface area contributed by atoms with E-state index in [1.54, 1.807) is 12.1 Å². The van der Waals surface area contributed by atoms with Crippen molar-refractivity contribution in [1.29, 1.82) is 5.26 Å². The summed E-state index contributed by atoms with van der Waals surface area (Å²) in [4.78, 5) is 13.8. The van der Waals surface area contributed by atoms with Crippen molar-refractivity contribution in [2.24, 2.45) is 0 Å². The summed E-state index contributed by atoms with van der Waals surface area (Å²) in [7, 11) is 0. The molecule has 0 spiro atoms. The van der Waals surface area contributed by atoms with Crippen LogP contribution in [0.1, 0.15) is 45.2 Å². The number of fused-ring (bicyclic) bond motifs is 1. The first kappa shape index (κ1) is 21.1. The van der Waals surface area contributed by atoms with E-state index in [0.29, 0.717) is 21.3 Å². The minimum absolute atomic E-state index is 0.0328. The molecule has 9 heteroatoms. The zero-order chi connectivity index (χ0) is 21.3. The molecule has 3 aromatic rings. The number of halogens is 3. The zero-order valence-corrected chi connectivity index (χ0v) is 18.6. The number of nitrogens with one attached hydrogen (secondary N) is 1. The predicted molar refractivity (Wildman–Crippen MR) is 118 cm³/mol. The molecule has 0 fully saturated rings. The van der Waals surface area contributed by atoms with Crippen LogP contribution in [0.2, 0.25) is 15.1 Å². The SMILES string of the molecule is N#Cc1c(NC(=O)c2ccc(COc3c(Cl)cc(Cl)cc3Cl)o2)sc2c1CCCC2. The molecule has 0 atom stereocenters. The maximum Gasteiger partial charge on any atom is 0.292 e. The third kappa shape index (κ3) is 4.30. The van der Waals surface area contributed by atoms with Crippen molar-refractivity contribution in [3.8, 4) is 11.8 Å². The highest BCUT2D eigenvalue weighted by atomic mass is 35.5. The number of benzene rings is 1. The summed E-state index contributed by atoms with van der Waals surface area (Å²) in [5.41, 5.74) is 1.62. The molecule has 2 aromatic heterocycles. The van der Waals surface area contributed by atoms with Gasteiger partial charge >= 0.3 is 0 Å². The van der Waals surface area contributed by atoms with E-state index in [0.717, 1.165) is 31.2 Å². The molecule has 1 aliphatic carbocycles. The Balaban J connectivity index is 1.45. The molecule has 0 bridgehead atoms. The van der Waals surface area contributed by atoms with E-state index in [-0.39, 0.29) is 28.2 Å². The van der Waals surface area contributed by atoms with Crippen LogP contribution in [-0.4, -0.2) is 5.91 Å². The van der Waals surface area contributed by atoms with Crippen molar-refractivity contribution in [3.63, 3.8) is 0 Å². The van der Waals surface area contributed by atoms with Crippen LogP contribution < -0.4 is 10.1 Å². The number of ether oxygens (including phenoxy) is 1. The Morgan fingerprint density at radius 1 is 1.20 bits per heavy atom. The molecule has 2 heterocycles. The van der Waals surface area contributed by atoms with Crippen molar-refractivity contribution >= 4 is 57.0 Å². The third-order valence-electron chi connectivity index (χ3n) is 4.72. The van der Waals surface area contributed by atoms with Gasteiger partial charge in [-0.3, -0.25) is 4.79 Å². The van der Waals surface area contributed by atoms with Gasteiger partial charge < -0.3 is 14.5 Å². The first-order valence-electron chi connectivity index (χ1n) is 9.18. The number of carbonyl (C=O) groups is 1. The quantitative estimate of drug-likeness (QED) is 0.431. The number of thiophene rings is 1. The van der Waals surface area contributed by atoms with Gasteiger partial charge in [0, 0.05) is 9.90 Å². The lowest BCUT2D eigenvalue weighted by atomic mass is 9.96. The fraction of sp³-hybridized carbons (Fsp3) is 0.238. The lowest BCUT2D eigenvalue weighted by molar-refractivity contribution is 0.0993. The molecule has 30 heavy (non-hydrogen) atoms. The van der Waals surface area contributed by atoms with Gasteiger partial charge in [0.05, 0.1) is 15.6 Å². The standard InChI is InChI=1S/C21H15Cl3N2O3S/c22-11-7-15(23)19(16(24)8-11)28-10-12-5-6-17(29-12)20(27)26-21-14(9-25)13-3-1-2-4-18(13)30-21/h5-8H,1-4,10H2,(H,26,27). The molecule has 0 aliphatic heterocycles. The number of aryl methyl sites for hydroxylation is 1. The van der Waals surface area contributed by atoms with Crippen molar-refractivity contribution < 1.29 is 13.9 Å². The van der Waals surface area contributed by atoms with Gasteiger partial charge in [0.15, 0.2) is 11.5 Å². The molecule has 0 saturated heterocycles. The highest BCUT2D eigenvalue weighted by Gasteiger charge is 2.23. The number of nitrogens with zero attached hydrogens (tertiary/aromatic N) is 1. The van der Waals surface area contributed by atoms with Crippen LogP contribution in [0.4, 0.5) is 5.00 Å². The van der Waals surface area contributed by atoms with E-state index in [1.807, 2.05) is 0 Å². The van der Waals surface area contributed by atoms with Crippen LogP contribution in [0.5, 0.6) is 5.75 Å². The van der Waals surface area contributed by atoms with E-state index >= 15 is 0 Å². The monoisotopic (exact) mass is 480 g/mol. The number of rotatable bonds is 5. The van der Waals surface area contributed by atoms with E-state index in [9.17, 15) is 10.1 Å². The lowest BCUT2D eigenvalue weighted by Crippen LogP contribution is -2.11. The second-order valence-corrected chi connectivity index (χ2v) is 9.09. The molecule has 0 saturated carbocycles. The highest BCUT2D eigenvalue weighted by Crippen LogP contribution is 2.38. The average Bonchev–Trinajstić information content (AvgIpc) is 3.31. The smallest absolute Gasteiger partial charge is 0.292 e. The van der Waals surface area contributed by atoms with Crippen LogP contribution in [0.15, 0.2) is 28.7 Å². The van der Waals surface area contributed by atoms with Crippen molar-refractivity contribution in [2.75, 3.05) is 5.32 Å². The molecule has 5 nitrogen and oxygen atoms in total. The van der Waals surface area contributed by atoms with Crippen LogP contribution in [0.25, 0.3) is 0 Å². The van der Waals surface area contributed by atoms with Crippen molar-refractivity contribution in [2.45, 2.75) is 32.3 Å². The van der Waals surface area contributed by atoms with Gasteiger partial charge in [-0.1, -0.05) is 34.8 Å². The molecular weight excluding hydrogens is 467 g/mol. The van der Waals surface area contributed by atoms with Gasteiger partial charge in [-0.2, -0.15) is 5.26 Å². The summed E-state index contributed by atoms with van der Waals surface area (Å²) >= 11 is 19.6. The largest absolute Gasteiger partial charge is 0.483 e. The van der Waals surface area contributed by atoms with Crippen molar-refractivity contribution in [1.82, 2.24) is 0 Å². The first-order valence-corrected chi connectivity index (χ1v) is 11.1. The van der Waals surface area contributed by atoms with E-state index in [1.165, 1.54) is 28.3 Å². The van der Waals surface area contributed by atoms with Gasteiger partial charge in [-0.05, 0) is 55.5 Å². The Morgan fingerprint density at radius 3 is 2.67 bits per heavy atom. The molecule has 0 unspecified atom stereocenters. The van der Waals surface area contributed by atoms with E-state index < -0.39 is 5.91 Å². The summed E-state index contributed by atoms with van der Waals surface area (Å²) in [6, 6.07) is 8.47. The number of furan rings is 1. The van der Waals surface area contributed by atoms with Crippen LogP contribution >= 0.6 is 46.1 Å². The van der Waals surface area contributed by atoms with Crippen LogP contribution in [0.3, 0.4) is 0 Å². The maximum atomic E-state index is 12.6. The van der Waals surface area contributed by atoms with E-state index in [2.05, 4.69) is 11.4 Å². The van der Waals surface area contributed by atoms with E-state index in [4.69, 9.17) is 44.0 Å². The molecule has 1 N–H and O–H groups in total. The Morgan fingerprint density at radius 2 is 1.93 bits per heavy atom. The maximum absolute atomic E-state index is 12.6. The van der Waals surface area contributed by atoms with Gasteiger partial charge in [0.2, 0.25) is 0 Å². The topological polar surface area (TPSA) is 75.3 Å². The van der Waals surface area contributed by atoms with Crippen molar-refractivity contribution in [3.05, 3.63) is 66.9 Å². The molecule has 1 amide bonds. The van der Waals surface area contributed by atoms with Gasteiger partial charge in [-0.15, -0.1) is 11.3 Å². The number of hydrogen-bond acceptors (Lipinski definition) is 5. The van der Waals surface area contributed by atoms with Crippen LogP contribution in [0, 0.1) is 11.3 Å². The lowest BCUT2D eigenvalue weighted by Gasteiger charge is -2.09. The fourth-order valence-electron chi connectivity index (χ4n) is 3.32. The summed E-state index contributed by atoms with van der Waals surface area (Å²) in [5.74, 6) is 0.414. The molecule has 0 radical (unpaired) electrons. The molecule has 4 rings (SSSR count). The Bertz CT molecular complexity index is 1140. The summed E-state index contributed by atoms with van der Waals surface area (Å²) in [5, 5.41) is 13.9. The number of amides is 1. The van der Waals surface area contributed by atoms with Crippen LogP contribution in [-0.2, 0) is 19.4 Å². The minimum Gasteiger partial charge on any atom is -0.483 e. The molecule has 154 valence electrons. The normalized spacial score (nSPS) is 12.9. The highest BCUT2D eigenvalue weighted by molar-refractivity contribution is 7.16. The molecule has 1 aliphatic rings. The molecular formula is C21H15Cl3N2O3S. The number of nitriles is 1. The minimum atomic E-state index is -0.418. The summed E-state index contributed by atoms with van der Waals surface area (Å²) in [6.07, 6.45) is 4.00. The molecule has 1 aromatic carbocycles. The first-order chi connectivity index (χ1) is 14.5. The second kappa shape index (κ2) is 8.91. The summed E-state index contributed by atoms with van der Waals surface area (Å²) in [6.45, 7) is 0.0328. The Kier molecular flexibility index (Phi) is 6.26. The fourth-order valence-corrected chi connectivity index (χ4v) is 5.49. The number of hydrogen-bond donors (Lipinski definition) is 1. The Labute approximate surface area is 192 Å². The zero-order valence-electron chi connectivity index (χ0n) is 15.6.